The van der Waals surface area contributed by atoms with Crippen molar-refractivity contribution in [2.75, 3.05) is 13.2 Å². The molecular weight excluding hydrogens is 781 g/mol. The minimum Gasteiger partial charge on any atom is -0.462 e. The summed E-state index contributed by atoms with van der Waals surface area (Å²) in [6.45, 7) is 6.42. The quantitative estimate of drug-likeness (QED) is 0.0262. The van der Waals surface area contributed by atoms with Crippen LogP contribution in [0.3, 0.4) is 0 Å². The molecule has 0 aliphatic rings. The molecule has 0 aliphatic carbocycles. The third-order valence-corrected chi connectivity index (χ3v) is 11.2. The summed E-state index contributed by atoms with van der Waals surface area (Å²) >= 11 is 0. The molecule has 0 saturated heterocycles. The van der Waals surface area contributed by atoms with E-state index in [1.807, 2.05) is 0 Å². The van der Waals surface area contributed by atoms with Crippen LogP contribution in [-0.4, -0.2) is 37.2 Å². The van der Waals surface area contributed by atoms with Gasteiger partial charge in [-0.3, -0.25) is 14.4 Å². The fraction of sp³-hybridized carbons (Fsp3) is 0.737. The molecule has 0 bridgehead atoms. The first-order valence-electron chi connectivity index (χ1n) is 26.4. The van der Waals surface area contributed by atoms with Crippen molar-refractivity contribution < 1.29 is 28.6 Å². The zero-order valence-corrected chi connectivity index (χ0v) is 41.3. The maximum atomic E-state index is 12.8. The molecule has 0 N–H and O–H groups in total. The molecule has 6 nitrogen and oxygen atoms in total. The summed E-state index contributed by atoms with van der Waals surface area (Å²) in [5.41, 5.74) is 0. The first-order valence-corrected chi connectivity index (χ1v) is 26.4. The molecule has 1 atom stereocenters. The molecular formula is C57H98O6. The number of unbranched alkanes of at least 4 members (excludes halogenated alkanes) is 24. The van der Waals surface area contributed by atoms with Gasteiger partial charge in [-0.2, -0.15) is 0 Å². The van der Waals surface area contributed by atoms with E-state index in [2.05, 4.69) is 93.7 Å². The van der Waals surface area contributed by atoms with Crippen LogP contribution in [0.15, 0.2) is 72.9 Å². The predicted molar refractivity (Wildman–Crippen MR) is 270 cm³/mol. The second-order valence-electron chi connectivity index (χ2n) is 17.4. The van der Waals surface area contributed by atoms with Crippen molar-refractivity contribution in [3.8, 4) is 0 Å². The highest BCUT2D eigenvalue weighted by atomic mass is 16.6. The molecule has 1 unspecified atom stereocenters. The van der Waals surface area contributed by atoms with Gasteiger partial charge in [-0.05, 0) is 77.0 Å². The third-order valence-electron chi connectivity index (χ3n) is 11.2. The lowest BCUT2D eigenvalue weighted by Crippen LogP contribution is -2.30. The van der Waals surface area contributed by atoms with E-state index in [0.717, 1.165) is 96.3 Å². The Morgan fingerprint density at radius 3 is 1.10 bits per heavy atom. The monoisotopic (exact) mass is 879 g/mol. The van der Waals surface area contributed by atoms with Crippen molar-refractivity contribution in [3.05, 3.63) is 72.9 Å². The van der Waals surface area contributed by atoms with Crippen LogP contribution in [0.25, 0.3) is 0 Å². The minimum absolute atomic E-state index is 0.0988. The Hall–Kier alpha value is -3.15. The molecule has 0 heterocycles. The van der Waals surface area contributed by atoms with Gasteiger partial charge in [-0.25, -0.2) is 0 Å². The molecule has 0 aromatic heterocycles. The number of ether oxygens (including phenoxy) is 3. The number of carbonyl (C=O) groups excluding carboxylic acids is 3. The average Bonchev–Trinajstić information content (AvgIpc) is 3.28. The summed E-state index contributed by atoms with van der Waals surface area (Å²) in [4.78, 5) is 37.9. The van der Waals surface area contributed by atoms with E-state index in [1.54, 1.807) is 0 Å². The lowest BCUT2D eigenvalue weighted by atomic mass is 10.0. The van der Waals surface area contributed by atoms with Crippen molar-refractivity contribution in [2.45, 2.75) is 258 Å². The number of hydrogen-bond acceptors (Lipinski definition) is 6. The van der Waals surface area contributed by atoms with Gasteiger partial charge in [-0.15, -0.1) is 0 Å². The van der Waals surface area contributed by atoms with Crippen LogP contribution in [0.2, 0.25) is 0 Å². The Morgan fingerprint density at radius 1 is 0.333 bits per heavy atom. The van der Waals surface area contributed by atoms with E-state index in [9.17, 15) is 14.4 Å². The van der Waals surface area contributed by atoms with Crippen LogP contribution in [0.5, 0.6) is 0 Å². The number of esters is 3. The molecule has 0 radical (unpaired) electrons. The molecule has 0 saturated carbocycles. The maximum absolute atomic E-state index is 12.8. The zero-order chi connectivity index (χ0) is 45.8. The average molecular weight is 879 g/mol. The summed E-state index contributed by atoms with van der Waals surface area (Å²) in [5.74, 6) is -0.965. The van der Waals surface area contributed by atoms with Crippen LogP contribution in [0.1, 0.15) is 252 Å². The zero-order valence-electron chi connectivity index (χ0n) is 41.3. The van der Waals surface area contributed by atoms with Crippen LogP contribution >= 0.6 is 0 Å². The molecule has 0 aromatic rings. The van der Waals surface area contributed by atoms with Gasteiger partial charge in [0, 0.05) is 19.3 Å². The fourth-order valence-corrected chi connectivity index (χ4v) is 7.25. The van der Waals surface area contributed by atoms with Gasteiger partial charge >= 0.3 is 17.9 Å². The van der Waals surface area contributed by atoms with Gasteiger partial charge in [0.15, 0.2) is 6.10 Å². The van der Waals surface area contributed by atoms with Crippen molar-refractivity contribution in [2.24, 2.45) is 0 Å². The van der Waals surface area contributed by atoms with E-state index in [1.165, 1.54) is 109 Å². The second kappa shape index (κ2) is 51.5. The molecule has 0 fully saturated rings. The number of rotatable bonds is 47. The van der Waals surface area contributed by atoms with E-state index >= 15 is 0 Å². The van der Waals surface area contributed by atoms with E-state index in [4.69, 9.17) is 14.2 Å². The Balaban J connectivity index is 4.40. The first kappa shape index (κ1) is 59.9. The summed E-state index contributed by atoms with van der Waals surface area (Å²) in [5, 5.41) is 0. The van der Waals surface area contributed by atoms with Crippen molar-refractivity contribution in [3.63, 3.8) is 0 Å². The molecule has 362 valence electrons. The molecule has 0 rings (SSSR count). The smallest absolute Gasteiger partial charge is 0.306 e. The van der Waals surface area contributed by atoms with E-state index < -0.39 is 6.10 Å². The lowest BCUT2D eigenvalue weighted by Gasteiger charge is -2.18. The Morgan fingerprint density at radius 2 is 0.667 bits per heavy atom. The van der Waals surface area contributed by atoms with Crippen LogP contribution in [0.4, 0.5) is 0 Å². The number of hydrogen-bond donors (Lipinski definition) is 0. The van der Waals surface area contributed by atoms with Gasteiger partial charge in [0.05, 0.1) is 0 Å². The highest BCUT2D eigenvalue weighted by molar-refractivity contribution is 5.71. The minimum atomic E-state index is -0.805. The summed E-state index contributed by atoms with van der Waals surface area (Å²) < 4.78 is 16.7. The van der Waals surface area contributed by atoms with Gasteiger partial charge in [0.2, 0.25) is 0 Å². The standard InChI is InChI=1S/C57H98O6/c1-4-7-10-13-16-19-22-24-26-28-30-31-33-35-38-41-44-47-50-56(59)62-53-54(52-61-55(58)49-46-43-40-37-21-18-15-12-9-6-3)63-57(60)51-48-45-42-39-36-34-32-29-27-25-23-20-17-14-11-8-5-2/h8,11-12,15,17,20,25,27,32,34,39,42,54H,4-7,9-10,13-14,16,18-19,21-24,26,28-31,33,35-38,40-41,43-53H2,1-3H3/b11-8-,15-12-,20-17-,27-25-,34-32-,42-39-. The molecule has 0 aromatic carbocycles. The summed E-state index contributed by atoms with van der Waals surface area (Å²) in [6.07, 6.45) is 64.7. The SMILES string of the molecule is CC/C=C\C/C=C\C/C=C\C/C=C\C/C=C\CCCC(=O)OC(COC(=O)CCCCCCC/C=C\CCC)COC(=O)CCCCCCCCCCCCCCCCCCCC. The summed E-state index contributed by atoms with van der Waals surface area (Å²) in [6, 6.07) is 0. The van der Waals surface area contributed by atoms with Crippen molar-refractivity contribution >= 4 is 17.9 Å². The maximum Gasteiger partial charge on any atom is 0.306 e. The Labute approximate surface area is 389 Å². The molecule has 63 heavy (non-hydrogen) atoms. The second-order valence-corrected chi connectivity index (χ2v) is 17.4. The molecule has 6 heteroatoms. The lowest BCUT2D eigenvalue weighted by molar-refractivity contribution is -0.167. The highest BCUT2D eigenvalue weighted by Crippen LogP contribution is 2.15. The highest BCUT2D eigenvalue weighted by Gasteiger charge is 2.19. The van der Waals surface area contributed by atoms with E-state index in [-0.39, 0.29) is 37.5 Å². The number of carbonyl (C=O) groups is 3. The van der Waals surface area contributed by atoms with Gasteiger partial charge < -0.3 is 14.2 Å². The topological polar surface area (TPSA) is 78.9 Å². The van der Waals surface area contributed by atoms with Crippen LogP contribution < -0.4 is 0 Å². The van der Waals surface area contributed by atoms with Crippen LogP contribution in [-0.2, 0) is 28.6 Å². The number of allylic oxidation sites excluding steroid dienone is 12. The molecule has 0 spiro atoms. The van der Waals surface area contributed by atoms with Crippen molar-refractivity contribution in [1.82, 2.24) is 0 Å². The van der Waals surface area contributed by atoms with Crippen LogP contribution in [0, 0.1) is 0 Å². The predicted octanol–water partition coefficient (Wildman–Crippen LogP) is 17.4. The largest absolute Gasteiger partial charge is 0.462 e. The Bertz CT molecular complexity index is 1190. The normalized spacial score (nSPS) is 12.6. The molecule has 0 aliphatic heterocycles. The van der Waals surface area contributed by atoms with Crippen molar-refractivity contribution in [1.29, 1.82) is 0 Å². The third kappa shape index (κ3) is 49.7. The fourth-order valence-electron chi connectivity index (χ4n) is 7.25. The summed E-state index contributed by atoms with van der Waals surface area (Å²) in [7, 11) is 0. The van der Waals surface area contributed by atoms with E-state index in [0.29, 0.717) is 19.3 Å². The van der Waals surface area contributed by atoms with Gasteiger partial charge in [0.1, 0.15) is 13.2 Å². The first-order chi connectivity index (χ1) is 31.0. The molecule has 0 amide bonds. The van der Waals surface area contributed by atoms with Gasteiger partial charge in [0.25, 0.3) is 0 Å². The van der Waals surface area contributed by atoms with Gasteiger partial charge in [-0.1, -0.05) is 229 Å². The Kier molecular flexibility index (Phi) is 48.9.